The van der Waals surface area contributed by atoms with Gasteiger partial charge in [-0.25, -0.2) is 9.79 Å². The van der Waals surface area contributed by atoms with Crippen LogP contribution in [0.2, 0.25) is 0 Å². The minimum absolute atomic E-state index is 0.143. The first-order valence-electron chi connectivity index (χ1n) is 8.00. The number of hydrogen-bond donors (Lipinski definition) is 1. The Morgan fingerprint density at radius 2 is 2.04 bits per heavy atom. The van der Waals surface area contributed by atoms with Gasteiger partial charge in [0.2, 0.25) is 6.79 Å². The van der Waals surface area contributed by atoms with Crippen molar-refractivity contribution in [1.82, 2.24) is 4.90 Å². The predicted molar refractivity (Wildman–Crippen MR) is 101 cm³/mol. The van der Waals surface area contributed by atoms with Gasteiger partial charge in [0.15, 0.2) is 16.7 Å². The van der Waals surface area contributed by atoms with Gasteiger partial charge in [-0.05, 0) is 53.7 Å². The lowest BCUT2D eigenvalue weighted by atomic mass is 10.2. The van der Waals surface area contributed by atoms with E-state index in [1.54, 1.807) is 31.3 Å². The third-order valence-corrected chi connectivity index (χ3v) is 5.08. The second-order valence-electron chi connectivity index (χ2n) is 5.84. The summed E-state index contributed by atoms with van der Waals surface area (Å²) in [5, 5.41) is 9.57. The maximum Gasteiger partial charge on any atom is 0.335 e. The number of thioether (sulfide) groups is 1. The third-order valence-electron chi connectivity index (χ3n) is 4.02. The van der Waals surface area contributed by atoms with E-state index in [0.29, 0.717) is 27.3 Å². The van der Waals surface area contributed by atoms with Gasteiger partial charge in [-0.3, -0.25) is 9.69 Å². The van der Waals surface area contributed by atoms with Crippen molar-refractivity contribution in [2.75, 3.05) is 13.8 Å². The van der Waals surface area contributed by atoms with Crippen LogP contribution in [0.25, 0.3) is 6.08 Å². The van der Waals surface area contributed by atoms with Gasteiger partial charge in [-0.2, -0.15) is 0 Å². The molecule has 0 atom stereocenters. The number of aromatic carboxylic acids is 1. The van der Waals surface area contributed by atoms with Crippen LogP contribution in [0.3, 0.4) is 0 Å². The molecule has 1 saturated heterocycles. The predicted octanol–water partition coefficient (Wildman–Crippen LogP) is 3.35. The highest BCUT2D eigenvalue weighted by atomic mass is 32.2. The minimum atomic E-state index is -1.02. The Bertz CT molecular complexity index is 1010. The van der Waals surface area contributed by atoms with Crippen molar-refractivity contribution in [2.45, 2.75) is 0 Å². The molecule has 8 heteroatoms. The fourth-order valence-electron chi connectivity index (χ4n) is 2.62. The van der Waals surface area contributed by atoms with Crippen molar-refractivity contribution in [3.05, 3.63) is 58.5 Å². The van der Waals surface area contributed by atoms with Crippen molar-refractivity contribution >= 4 is 40.6 Å². The Hall–Kier alpha value is -3.26. The van der Waals surface area contributed by atoms with Crippen LogP contribution >= 0.6 is 11.8 Å². The second kappa shape index (κ2) is 6.81. The molecule has 1 N–H and O–H groups in total. The first-order chi connectivity index (χ1) is 13.0. The van der Waals surface area contributed by atoms with Crippen molar-refractivity contribution in [3.63, 3.8) is 0 Å². The van der Waals surface area contributed by atoms with Crippen molar-refractivity contribution in [3.8, 4) is 11.5 Å². The molecule has 0 unspecified atom stereocenters. The monoisotopic (exact) mass is 382 g/mol. The number of aliphatic imine (C=N–C) groups is 1. The van der Waals surface area contributed by atoms with Crippen molar-refractivity contribution in [2.24, 2.45) is 4.99 Å². The summed E-state index contributed by atoms with van der Waals surface area (Å²) in [7, 11) is 1.63. The Morgan fingerprint density at radius 3 is 2.85 bits per heavy atom. The van der Waals surface area contributed by atoms with Gasteiger partial charge in [0, 0.05) is 7.05 Å². The fourth-order valence-corrected chi connectivity index (χ4v) is 3.61. The van der Waals surface area contributed by atoms with Gasteiger partial charge < -0.3 is 14.6 Å². The third kappa shape index (κ3) is 3.39. The SMILES string of the molecule is CN1C(=O)C(=Cc2ccc3c(c2)OCO3)SC1=Nc1cccc(C(=O)O)c1. The van der Waals surface area contributed by atoms with Gasteiger partial charge in [0.05, 0.1) is 16.2 Å². The molecule has 1 amide bonds. The van der Waals surface area contributed by atoms with E-state index in [9.17, 15) is 9.59 Å². The molecule has 0 radical (unpaired) electrons. The number of carboxylic acids is 1. The van der Waals surface area contributed by atoms with E-state index >= 15 is 0 Å². The maximum atomic E-state index is 12.5. The molecule has 2 aromatic rings. The number of benzene rings is 2. The summed E-state index contributed by atoms with van der Waals surface area (Å²) in [6, 6.07) is 11.7. The highest BCUT2D eigenvalue weighted by Crippen LogP contribution is 2.36. The number of hydrogen-bond acceptors (Lipinski definition) is 6. The highest BCUT2D eigenvalue weighted by Gasteiger charge is 2.30. The summed E-state index contributed by atoms with van der Waals surface area (Å²) in [4.78, 5) is 30.0. The van der Waals surface area contributed by atoms with Gasteiger partial charge in [0.1, 0.15) is 0 Å². The van der Waals surface area contributed by atoms with E-state index in [1.807, 2.05) is 12.1 Å². The Labute approximate surface area is 158 Å². The number of rotatable bonds is 3. The summed E-state index contributed by atoms with van der Waals surface area (Å²) in [5.74, 6) is 0.127. The van der Waals surface area contributed by atoms with Crippen molar-refractivity contribution < 1.29 is 24.2 Å². The van der Waals surface area contributed by atoms with E-state index < -0.39 is 5.97 Å². The number of carboxylic acid groups (broad SMARTS) is 1. The van der Waals surface area contributed by atoms with Crippen LogP contribution in [0.15, 0.2) is 52.4 Å². The quantitative estimate of drug-likeness (QED) is 0.819. The molecular formula is C19H14N2O5S. The molecule has 2 heterocycles. The number of nitrogens with zero attached hydrogens (tertiary/aromatic N) is 2. The lowest BCUT2D eigenvalue weighted by molar-refractivity contribution is -0.121. The fraction of sp³-hybridized carbons (Fsp3) is 0.105. The van der Waals surface area contributed by atoms with Crippen molar-refractivity contribution in [1.29, 1.82) is 0 Å². The largest absolute Gasteiger partial charge is 0.478 e. The van der Waals surface area contributed by atoms with Crippen LogP contribution in [-0.2, 0) is 4.79 Å². The zero-order valence-electron chi connectivity index (χ0n) is 14.2. The molecule has 27 heavy (non-hydrogen) atoms. The topological polar surface area (TPSA) is 88.4 Å². The van der Waals surface area contributed by atoms with Crippen LogP contribution < -0.4 is 9.47 Å². The summed E-state index contributed by atoms with van der Waals surface area (Å²) in [6.45, 7) is 0.192. The summed E-state index contributed by atoms with van der Waals surface area (Å²) in [6.07, 6.45) is 1.77. The minimum Gasteiger partial charge on any atom is -0.478 e. The first kappa shape index (κ1) is 17.2. The number of ether oxygens (including phenoxy) is 2. The van der Waals surface area contributed by atoms with Gasteiger partial charge >= 0.3 is 5.97 Å². The molecule has 2 aliphatic heterocycles. The molecule has 0 saturated carbocycles. The van der Waals surface area contributed by atoms with E-state index in [2.05, 4.69) is 4.99 Å². The zero-order valence-corrected chi connectivity index (χ0v) is 15.0. The number of carbonyl (C=O) groups excluding carboxylic acids is 1. The van der Waals surface area contributed by atoms with Crippen LogP contribution in [-0.4, -0.2) is 40.9 Å². The molecule has 136 valence electrons. The zero-order chi connectivity index (χ0) is 19.0. The normalized spacial score (nSPS) is 18.6. The summed E-state index contributed by atoms with van der Waals surface area (Å²) < 4.78 is 10.6. The van der Waals surface area contributed by atoms with Crippen LogP contribution in [0, 0.1) is 0 Å². The molecule has 1 fully saturated rings. The summed E-state index contributed by atoms with van der Waals surface area (Å²) in [5.41, 5.74) is 1.43. The van der Waals surface area contributed by atoms with Crippen LogP contribution in [0.1, 0.15) is 15.9 Å². The summed E-state index contributed by atoms with van der Waals surface area (Å²) >= 11 is 1.23. The Morgan fingerprint density at radius 1 is 1.22 bits per heavy atom. The number of likely N-dealkylation sites (N-methyl/N-ethyl adjacent to an activating group) is 1. The van der Waals surface area contributed by atoms with Gasteiger partial charge in [-0.1, -0.05) is 12.1 Å². The standard InChI is InChI=1S/C19H14N2O5S/c1-21-17(22)16(8-11-5-6-14-15(7-11)26-10-25-14)27-19(21)20-13-4-2-3-12(9-13)18(23)24/h2-9H,10H2,1H3,(H,23,24). The molecule has 2 aromatic carbocycles. The second-order valence-corrected chi connectivity index (χ2v) is 6.85. The number of fused-ring (bicyclic) bond motifs is 1. The first-order valence-corrected chi connectivity index (χ1v) is 8.82. The average Bonchev–Trinajstić information content (AvgIpc) is 3.22. The van der Waals surface area contributed by atoms with Gasteiger partial charge in [0.25, 0.3) is 5.91 Å². The Balaban J connectivity index is 1.62. The molecule has 0 bridgehead atoms. The molecule has 0 aliphatic carbocycles. The highest BCUT2D eigenvalue weighted by molar-refractivity contribution is 8.18. The van der Waals surface area contributed by atoms with Crippen LogP contribution in [0.5, 0.6) is 11.5 Å². The smallest absolute Gasteiger partial charge is 0.335 e. The molecule has 7 nitrogen and oxygen atoms in total. The number of carbonyl (C=O) groups is 2. The molecular weight excluding hydrogens is 368 g/mol. The van der Waals surface area contributed by atoms with E-state index in [1.165, 1.54) is 28.8 Å². The lowest BCUT2D eigenvalue weighted by Gasteiger charge is -2.07. The number of amides is 1. The Kier molecular flexibility index (Phi) is 4.33. The molecule has 0 aromatic heterocycles. The average molecular weight is 382 g/mol. The number of amidine groups is 1. The lowest BCUT2D eigenvalue weighted by Crippen LogP contribution is -2.23. The molecule has 4 rings (SSSR count). The molecule has 2 aliphatic rings. The van der Waals surface area contributed by atoms with Crippen LogP contribution in [0.4, 0.5) is 5.69 Å². The molecule has 0 spiro atoms. The van der Waals surface area contributed by atoms with E-state index in [-0.39, 0.29) is 18.3 Å². The van der Waals surface area contributed by atoms with E-state index in [0.717, 1.165) is 5.56 Å². The van der Waals surface area contributed by atoms with E-state index in [4.69, 9.17) is 14.6 Å². The van der Waals surface area contributed by atoms with Gasteiger partial charge in [-0.15, -0.1) is 0 Å². The maximum absolute atomic E-state index is 12.5.